The van der Waals surface area contributed by atoms with Crippen LogP contribution in [0.25, 0.3) is 11.0 Å². The van der Waals surface area contributed by atoms with Gasteiger partial charge in [0.2, 0.25) is 0 Å². The van der Waals surface area contributed by atoms with Crippen LogP contribution in [0.1, 0.15) is 31.1 Å². The maximum atomic E-state index is 5.75. The van der Waals surface area contributed by atoms with Gasteiger partial charge in [-0.05, 0) is 47.7 Å². The van der Waals surface area contributed by atoms with E-state index in [4.69, 9.17) is 4.74 Å². The summed E-state index contributed by atoms with van der Waals surface area (Å²) in [6, 6.07) is 0. The second kappa shape index (κ2) is 4.38. The third-order valence-electron chi connectivity index (χ3n) is 3.16. The number of ether oxygens (including phenoxy) is 1. The molecule has 3 rings (SSSR count). The fourth-order valence-corrected chi connectivity index (χ4v) is 2.58. The molecule has 1 atom stereocenters. The van der Waals surface area contributed by atoms with Gasteiger partial charge in [-0.1, -0.05) is 0 Å². The highest BCUT2D eigenvalue weighted by Gasteiger charge is 2.20. The van der Waals surface area contributed by atoms with Crippen LogP contribution in [0.4, 0.5) is 0 Å². The number of pyridine rings is 1. The van der Waals surface area contributed by atoms with Crippen molar-refractivity contribution in [2.45, 2.75) is 32.4 Å². The van der Waals surface area contributed by atoms with Crippen LogP contribution >= 0.6 is 15.9 Å². The molecule has 1 fully saturated rings. The number of hydrogen-bond acceptors (Lipinski definition) is 3. The molecule has 0 aliphatic carbocycles. The van der Waals surface area contributed by atoms with Crippen molar-refractivity contribution in [1.29, 1.82) is 0 Å². The predicted molar refractivity (Wildman–Crippen MR) is 68.8 cm³/mol. The van der Waals surface area contributed by atoms with Crippen LogP contribution in [0.5, 0.6) is 0 Å². The van der Waals surface area contributed by atoms with E-state index in [0.29, 0.717) is 0 Å². The van der Waals surface area contributed by atoms with Gasteiger partial charge in [0, 0.05) is 17.3 Å². The lowest BCUT2D eigenvalue weighted by molar-refractivity contribution is -0.0370. The largest absolute Gasteiger partial charge is 0.356 e. The Bertz CT molecular complexity index is 546. The smallest absolute Gasteiger partial charge is 0.161 e. The molecule has 90 valence electrons. The van der Waals surface area contributed by atoms with Gasteiger partial charge in [-0.25, -0.2) is 9.67 Å². The van der Waals surface area contributed by atoms with Gasteiger partial charge in [-0.15, -0.1) is 0 Å². The Kier molecular flexibility index (Phi) is 2.88. The minimum absolute atomic E-state index is 0.0448. The van der Waals surface area contributed by atoms with E-state index < -0.39 is 0 Å². The zero-order valence-electron chi connectivity index (χ0n) is 9.69. The molecule has 2 aromatic heterocycles. The van der Waals surface area contributed by atoms with E-state index in [2.05, 4.69) is 26.0 Å². The molecular weight excluding hydrogens is 282 g/mol. The van der Waals surface area contributed by atoms with Crippen LogP contribution in [0.15, 0.2) is 16.9 Å². The highest BCUT2D eigenvalue weighted by atomic mass is 79.9. The molecule has 0 aromatic carbocycles. The summed E-state index contributed by atoms with van der Waals surface area (Å²) in [5, 5.41) is 5.47. The number of fused-ring (bicyclic) bond motifs is 1. The summed E-state index contributed by atoms with van der Waals surface area (Å²) in [7, 11) is 0. The summed E-state index contributed by atoms with van der Waals surface area (Å²) < 4.78 is 8.72. The van der Waals surface area contributed by atoms with Crippen molar-refractivity contribution >= 4 is 27.0 Å². The van der Waals surface area contributed by atoms with E-state index in [0.717, 1.165) is 40.5 Å². The lowest BCUT2D eigenvalue weighted by Gasteiger charge is -2.23. The molecule has 0 amide bonds. The first-order valence-corrected chi connectivity index (χ1v) is 6.66. The Morgan fingerprint density at radius 3 is 3.06 bits per heavy atom. The number of rotatable bonds is 1. The Morgan fingerprint density at radius 1 is 1.41 bits per heavy atom. The van der Waals surface area contributed by atoms with Gasteiger partial charge in [0.25, 0.3) is 0 Å². The third kappa shape index (κ3) is 1.87. The van der Waals surface area contributed by atoms with Gasteiger partial charge in [-0.2, -0.15) is 5.10 Å². The third-order valence-corrected chi connectivity index (χ3v) is 4.21. The molecule has 1 aliphatic rings. The van der Waals surface area contributed by atoms with Gasteiger partial charge in [0.15, 0.2) is 11.9 Å². The van der Waals surface area contributed by atoms with Crippen LogP contribution in [-0.4, -0.2) is 21.4 Å². The van der Waals surface area contributed by atoms with Gasteiger partial charge in [0.05, 0.1) is 11.6 Å². The summed E-state index contributed by atoms with van der Waals surface area (Å²) in [4.78, 5) is 4.47. The van der Waals surface area contributed by atoms with E-state index in [9.17, 15) is 0 Å². The van der Waals surface area contributed by atoms with E-state index >= 15 is 0 Å². The lowest BCUT2D eigenvalue weighted by atomic mass is 10.2. The van der Waals surface area contributed by atoms with E-state index in [1.165, 1.54) is 6.42 Å². The highest BCUT2D eigenvalue weighted by molar-refractivity contribution is 9.10. The highest BCUT2D eigenvalue weighted by Crippen LogP contribution is 2.29. The standard InChI is InChI=1S/C12H14BrN3O/c1-8-6-14-12-9(11(8)13)7-15-16(12)10-4-2-3-5-17-10/h6-7,10H,2-5H2,1H3. The molecule has 0 bridgehead atoms. The SMILES string of the molecule is Cc1cnc2c(cnn2C2CCCCO2)c1Br. The minimum Gasteiger partial charge on any atom is -0.356 e. The molecule has 1 unspecified atom stereocenters. The maximum absolute atomic E-state index is 5.75. The van der Waals surface area contributed by atoms with Crippen molar-refractivity contribution < 1.29 is 4.74 Å². The van der Waals surface area contributed by atoms with Crippen molar-refractivity contribution in [3.8, 4) is 0 Å². The monoisotopic (exact) mass is 295 g/mol. The van der Waals surface area contributed by atoms with Gasteiger partial charge in [-0.3, -0.25) is 0 Å². The zero-order valence-corrected chi connectivity index (χ0v) is 11.3. The lowest BCUT2D eigenvalue weighted by Crippen LogP contribution is -2.19. The van der Waals surface area contributed by atoms with Gasteiger partial charge < -0.3 is 4.74 Å². The predicted octanol–water partition coefficient (Wildman–Crippen LogP) is 3.20. The molecule has 1 saturated heterocycles. The number of nitrogens with zero attached hydrogens (tertiary/aromatic N) is 3. The van der Waals surface area contributed by atoms with Gasteiger partial charge in [0.1, 0.15) is 0 Å². The van der Waals surface area contributed by atoms with Crippen LogP contribution in [0.2, 0.25) is 0 Å². The molecule has 3 heterocycles. The fraction of sp³-hybridized carbons (Fsp3) is 0.500. The van der Waals surface area contributed by atoms with Crippen LogP contribution < -0.4 is 0 Å². The Labute approximate surface area is 108 Å². The van der Waals surface area contributed by atoms with Crippen molar-refractivity contribution in [3.63, 3.8) is 0 Å². The number of halogens is 1. The van der Waals surface area contributed by atoms with Gasteiger partial charge >= 0.3 is 0 Å². The van der Waals surface area contributed by atoms with Crippen LogP contribution in [0, 0.1) is 6.92 Å². The van der Waals surface area contributed by atoms with Crippen LogP contribution in [-0.2, 0) is 4.74 Å². The molecular formula is C12H14BrN3O. The van der Waals surface area contributed by atoms with E-state index in [1.807, 2.05) is 24.0 Å². The number of hydrogen-bond donors (Lipinski definition) is 0. The second-order valence-corrected chi connectivity index (χ2v) is 5.20. The molecule has 5 heteroatoms. The fourth-order valence-electron chi connectivity index (χ4n) is 2.19. The van der Waals surface area contributed by atoms with Crippen molar-refractivity contribution in [3.05, 3.63) is 22.4 Å². The average Bonchev–Trinajstić information content (AvgIpc) is 2.79. The molecule has 1 aliphatic heterocycles. The molecule has 0 radical (unpaired) electrons. The zero-order chi connectivity index (χ0) is 11.8. The Balaban J connectivity index is 2.08. The molecule has 4 nitrogen and oxygen atoms in total. The number of aryl methyl sites for hydroxylation is 1. The maximum Gasteiger partial charge on any atom is 0.161 e. The first-order valence-electron chi connectivity index (χ1n) is 5.87. The second-order valence-electron chi connectivity index (χ2n) is 4.40. The molecule has 0 spiro atoms. The topological polar surface area (TPSA) is 39.9 Å². The van der Waals surface area contributed by atoms with Crippen molar-refractivity contribution in [1.82, 2.24) is 14.8 Å². The first-order chi connectivity index (χ1) is 8.27. The summed E-state index contributed by atoms with van der Waals surface area (Å²) in [6.45, 7) is 2.85. The Hall–Kier alpha value is -0.940. The van der Waals surface area contributed by atoms with Crippen LogP contribution in [0.3, 0.4) is 0 Å². The summed E-state index contributed by atoms with van der Waals surface area (Å²) in [5.41, 5.74) is 2.02. The summed E-state index contributed by atoms with van der Waals surface area (Å²) >= 11 is 3.58. The molecule has 0 N–H and O–H groups in total. The normalized spacial score (nSPS) is 20.9. The quantitative estimate of drug-likeness (QED) is 0.811. The van der Waals surface area contributed by atoms with Crippen molar-refractivity contribution in [2.24, 2.45) is 0 Å². The first kappa shape index (κ1) is 11.2. The average molecular weight is 296 g/mol. The summed E-state index contributed by atoms with van der Waals surface area (Å²) in [5.74, 6) is 0. The number of aromatic nitrogens is 3. The summed E-state index contributed by atoms with van der Waals surface area (Å²) in [6.07, 6.45) is 7.13. The Morgan fingerprint density at radius 2 is 2.29 bits per heavy atom. The van der Waals surface area contributed by atoms with E-state index in [-0.39, 0.29) is 6.23 Å². The minimum atomic E-state index is 0.0448. The van der Waals surface area contributed by atoms with E-state index in [1.54, 1.807) is 0 Å². The van der Waals surface area contributed by atoms with Crippen molar-refractivity contribution in [2.75, 3.05) is 6.61 Å². The molecule has 17 heavy (non-hydrogen) atoms. The molecule has 2 aromatic rings. The molecule has 0 saturated carbocycles.